The minimum Gasteiger partial charge on any atom is -0.494 e. The molecule has 38 heavy (non-hydrogen) atoms. The molecule has 10 heteroatoms. The molecule has 200 valence electrons. The minimum atomic E-state index is -0.542. The number of nitrogens with zero attached hydrogens (tertiary/aromatic N) is 4. The predicted octanol–water partition coefficient (Wildman–Crippen LogP) is 2.07. The molecule has 3 aliphatic heterocycles. The van der Waals surface area contributed by atoms with Crippen LogP contribution < -0.4 is 19.3 Å². The summed E-state index contributed by atoms with van der Waals surface area (Å²) in [5, 5.41) is 0. The normalized spacial score (nSPS) is 23.0. The first-order chi connectivity index (χ1) is 18.4. The number of hydrogen-bond donors (Lipinski definition) is 0. The van der Waals surface area contributed by atoms with Crippen molar-refractivity contribution in [3.05, 3.63) is 48.5 Å². The fourth-order valence-corrected chi connectivity index (χ4v) is 5.46. The number of benzene rings is 2. The molecule has 0 unspecified atom stereocenters. The van der Waals surface area contributed by atoms with Gasteiger partial charge in [-0.2, -0.15) is 0 Å². The van der Waals surface area contributed by atoms with Crippen molar-refractivity contribution in [3.63, 3.8) is 0 Å². The molecule has 3 heterocycles. The maximum absolute atomic E-state index is 13.3. The zero-order chi connectivity index (χ0) is 26.8. The molecule has 4 amide bonds. The first kappa shape index (κ1) is 25.9. The van der Waals surface area contributed by atoms with Crippen molar-refractivity contribution < 1.29 is 28.7 Å². The number of anilines is 2. The molecule has 3 fully saturated rings. The average Bonchev–Trinajstić information content (AvgIpc) is 3.38. The van der Waals surface area contributed by atoms with Gasteiger partial charge in [0.15, 0.2) is 0 Å². The predicted molar refractivity (Wildman–Crippen MR) is 140 cm³/mol. The smallest absolute Gasteiger partial charge is 0.251 e. The Kier molecular flexibility index (Phi) is 7.44. The summed E-state index contributed by atoms with van der Waals surface area (Å²) >= 11 is 0. The lowest BCUT2D eigenvalue weighted by Crippen LogP contribution is -2.56. The molecule has 2 aromatic rings. The highest BCUT2D eigenvalue weighted by Crippen LogP contribution is 2.31. The second-order valence-electron chi connectivity index (χ2n) is 9.51. The molecule has 10 nitrogen and oxygen atoms in total. The van der Waals surface area contributed by atoms with Gasteiger partial charge in [-0.15, -0.1) is 0 Å². The molecule has 5 rings (SSSR count). The summed E-state index contributed by atoms with van der Waals surface area (Å²) in [7, 11) is 0. The molecule has 0 radical (unpaired) electrons. The van der Waals surface area contributed by atoms with Crippen LogP contribution in [0.1, 0.15) is 26.7 Å². The number of hydrogen-bond acceptors (Lipinski definition) is 8. The fraction of sp³-hybridized carbons (Fsp3) is 0.429. The van der Waals surface area contributed by atoms with Crippen molar-refractivity contribution >= 4 is 35.0 Å². The van der Waals surface area contributed by atoms with Crippen molar-refractivity contribution in [2.45, 2.75) is 38.8 Å². The van der Waals surface area contributed by atoms with Crippen LogP contribution in [0, 0.1) is 0 Å². The molecule has 0 aromatic heterocycles. The zero-order valence-corrected chi connectivity index (χ0v) is 21.7. The quantitative estimate of drug-likeness (QED) is 0.488. The maximum Gasteiger partial charge on any atom is 0.251 e. The summed E-state index contributed by atoms with van der Waals surface area (Å²) < 4.78 is 11.0. The number of ether oxygens (including phenoxy) is 2. The Hall–Kier alpha value is -3.76. The molecule has 3 saturated heterocycles. The van der Waals surface area contributed by atoms with Crippen LogP contribution in [0.15, 0.2) is 48.5 Å². The Balaban J connectivity index is 1.22. The van der Waals surface area contributed by atoms with Gasteiger partial charge in [0, 0.05) is 38.3 Å². The molecule has 3 aliphatic rings. The highest BCUT2D eigenvalue weighted by Gasteiger charge is 2.46. The van der Waals surface area contributed by atoms with E-state index in [0.717, 1.165) is 0 Å². The van der Waals surface area contributed by atoms with Gasteiger partial charge in [-0.1, -0.05) is 12.1 Å². The summed E-state index contributed by atoms with van der Waals surface area (Å²) in [5.74, 6) is 0.249. The third kappa shape index (κ3) is 4.89. The Labute approximate surface area is 221 Å². The number of amides is 4. The van der Waals surface area contributed by atoms with Crippen molar-refractivity contribution in [1.29, 1.82) is 0 Å². The van der Waals surface area contributed by atoms with E-state index in [2.05, 4.69) is 0 Å². The van der Waals surface area contributed by atoms with Crippen LogP contribution in [0.5, 0.6) is 11.5 Å². The van der Waals surface area contributed by atoms with Crippen LogP contribution in [0.3, 0.4) is 0 Å². The highest BCUT2D eigenvalue weighted by molar-refractivity contribution is 6.23. The molecular weight excluding hydrogens is 488 g/mol. The van der Waals surface area contributed by atoms with E-state index in [-0.39, 0.29) is 36.5 Å². The topological polar surface area (TPSA) is 99.7 Å². The lowest BCUT2D eigenvalue weighted by molar-refractivity contribution is -0.126. The third-order valence-electron chi connectivity index (χ3n) is 7.25. The zero-order valence-electron chi connectivity index (χ0n) is 21.7. The monoisotopic (exact) mass is 520 g/mol. The summed E-state index contributed by atoms with van der Waals surface area (Å²) in [6, 6.07) is 12.9. The first-order valence-electron chi connectivity index (χ1n) is 13.1. The van der Waals surface area contributed by atoms with Gasteiger partial charge in [0.1, 0.15) is 11.5 Å². The van der Waals surface area contributed by atoms with Crippen LogP contribution in [0.25, 0.3) is 0 Å². The van der Waals surface area contributed by atoms with Crippen LogP contribution >= 0.6 is 0 Å². The standard InChI is InChI=1S/C28H32N4O6/c1-3-37-21-9-5-7-19(15-21)31-25(33)17-23(27(31)35)29-11-13-30(14-12-29)24-18-26(34)32(28(24)36)20-8-6-10-22(16-20)38-4-2/h5-10,15-16,23-24H,3-4,11-14,17-18H2,1-2H3/t23-,24-/m1/s1. The second-order valence-corrected chi connectivity index (χ2v) is 9.51. The molecule has 2 aromatic carbocycles. The number of carbonyl (C=O) groups is 4. The van der Waals surface area contributed by atoms with E-state index < -0.39 is 12.1 Å². The van der Waals surface area contributed by atoms with Gasteiger partial charge in [0.25, 0.3) is 11.8 Å². The van der Waals surface area contributed by atoms with E-state index in [1.165, 1.54) is 9.80 Å². The average molecular weight is 521 g/mol. The number of imide groups is 2. The van der Waals surface area contributed by atoms with Crippen molar-refractivity contribution in [1.82, 2.24) is 9.80 Å². The van der Waals surface area contributed by atoms with E-state index >= 15 is 0 Å². The minimum absolute atomic E-state index is 0.114. The Morgan fingerprint density at radius 1 is 0.658 bits per heavy atom. The largest absolute Gasteiger partial charge is 0.494 e. The summed E-state index contributed by atoms with van der Waals surface area (Å²) in [6.45, 7) is 6.82. The van der Waals surface area contributed by atoms with Gasteiger partial charge in [-0.25, -0.2) is 9.80 Å². The van der Waals surface area contributed by atoms with Gasteiger partial charge >= 0.3 is 0 Å². The molecule has 0 N–H and O–H groups in total. The lowest BCUT2D eigenvalue weighted by Gasteiger charge is -2.38. The Morgan fingerprint density at radius 2 is 1.05 bits per heavy atom. The van der Waals surface area contributed by atoms with E-state index in [1.807, 2.05) is 23.6 Å². The van der Waals surface area contributed by atoms with Gasteiger partial charge in [-0.3, -0.25) is 29.0 Å². The number of rotatable bonds is 8. The van der Waals surface area contributed by atoms with E-state index in [4.69, 9.17) is 9.47 Å². The van der Waals surface area contributed by atoms with Crippen molar-refractivity contribution in [2.24, 2.45) is 0 Å². The summed E-state index contributed by atoms with van der Waals surface area (Å²) in [5.41, 5.74) is 1.02. The maximum atomic E-state index is 13.3. The van der Waals surface area contributed by atoms with Gasteiger partial charge in [-0.05, 0) is 38.1 Å². The highest BCUT2D eigenvalue weighted by atomic mass is 16.5. The van der Waals surface area contributed by atoms with Gasteiger partial charge in [0.2, 0.25) is 11.8 Å². The second kappa shape index (κ2) is 10.9. The van der Waals surface area contributed by atoms with Gasteiger partial charge < -0.3 is 9.47 Å². The van der Waals surface area contributed by atoms with E-state index in [1.54, 1.807) is 48.5 Å². The molecular formula is C28H32N4O6. The van der Waals surface area contributed by atoms with Crippen molar-refractivity contribution in [2.75, 3.05) is 49.2 Å². The Morgan fingerprint density at radius 3 is 1.42 bits per heavy atom. The lowest BCUT2D eigenvalue weighted by atomic mass is 10.1. The van der Waals surface area contributed by atoms with Crippen LogP contribution in [-0.2, 0) is 19.2 Å². The summed E-state index contributed by atoms with van der Waals surface area (Å²) in [4.78, 5) is 58.7. The third-order valence-corrected chi connectivity index (χ3v) is 7.25. The van der Waals surface area contributed by atoms with Crippen LogP contribution in [0.4, 0.5) is 11.4 Å². The SMILES string of the molecule is CCOc1cccc(N2C(=O)C[C@@H](N3CCN([C@@H]4CC(=O)N(c5cccc(OCC)c5)C4=O)CC3)C2=O)c1. The molecule has 0 spiro atoms. The van der Waals surface area contributed by atoms with Gasteiger partial charge in [0.05, 0.1) is 49.5 Å². The molecule has 0 saturated carbocycles. The summed E-state index contributed by atoms with van der Waals surface area (Å²) in [6.07, 6.45) is 0.227. The molecule has 0 bridgehead atoms. The number of carbonyl (C=O) groups excluding carboxylic acids is 4. The van der Waals surface area contributed by atoms with Crippen LogP contribution in [0.2, 0.25) is 0 Å². The molecule has 2 atom stereocenters. The Bertz CT molecular complexity index is 1150. The molecule has 0 aliphatic carbocycles. The van der Waals surface area contributed by atoms with Crippen LogP contribution in [-0.4, -0.2) is 84.9 Å². The first-order valence-corrected chi connectivity index (χ1v) is 13.1. The van der Waals surface area contributed by atoms with Crippen molar-refractivity contribution in [3.8, 4) is 11.5 Å². The van der Waals surface area contributed by atoms with E-state index in [0.29, 0.717) is 62.3 Å². The van der Waals surface area contributed by atoms with E-state index in [9.17, 15) is 19.2 Å². The number of piperazine rings is 1. The fourth-order valence-electron chi connectivity index (χ4n) is 5.46.